The van der Waals surface area contributed by atoms with Crippen LogP contribution in [-0.4, -0.2) is 52.8 Å². The van der Waals surface area contributed by atoms with E-state index in [1.807, 2.05) is 0 Å². The molecule has 7 heteroatoms. The van der Waals surface area contributed by atoms with Crippen LogP contribution in [0.1, 0.15) is 53.4 Å². The molecule has 0 radical (unpaired) electrons. The molecule has 3 rings (SSSR count). The number of aliphatic carboxylic acids is 1. The number of carbonyl (C=O) groups excluding carboxylic acids is 2. The highest BCUT2D eigenvalue weighted by molar-refractivity contribution is 5.74. The normalized spacial score (nSPS) is 32.1. The maximum atomic E-state index is 12.8. The maximum Gasteiger partial charge on any atom is 0.410 e. The molecule has 5 atom stereocenters. The highest BCUT2D eigenvalue weighted by atomic mass is 16.6. The Balaban J connectivity index is 1.93. The Labute approximate surface area is 166 Å². The van der Waals surface area contributed by atoms with Crippen molar-refractivity contribution >= 4 is 18.0 Å². The van der Waals surface area contributed by atoms with Gasteiger partial charge in [-0.05, 0) is 51.9 Å². The van der Waals surface area contributed by atoms with Gasteiger partial charge in [0.2, 0.25) is 0 Å². The van der Waals surface area contributed by atoms with Crippen molar-refractivity contribution in [3.63, 3.8) is 0 Å². The van der Waals surface area contributed by atoms with Gasteiger partial charge in [-0.25, -0.2) is 4.79 Å². The third kappa shape index (κ3) is 4.18. The summed E-state index contributed by atoms with van der Waals surface area (Å²) in [6.45, 7) is 7.09. The molecular formula is C21H31NO6. The summed E-state index contributed by atoms with van der Waals surface area (Å²) >= 11 is 0. The topological polar surface area (TPSA) is 93.1 Å². The van der Waals surface area contributed by atoms with E-state index < -0.39 is 35.6 Å². The van der Waals surface area contributed by atoms with Gasteiger partial charge in [-0.2, -0.15) is 0 Å². The number of amides is 1. The van der Waals surface area contributed by atoms with Crippen LogP contribution in [0.4, 0.5) is 4.79 Å². The minimum Gasteiger partial charge on any atom is -0.481 e. The molecule has 3 unspecified atom stereocenters. The minimum atomic E-state index is -0.801. The van der Waals surface area contributed by atoms with Crippen LogP contribution >= 0.6 is 0 Å². The third-order valence-electron chi connectivity index (χ3n) is 6.13. The average Bonchev–Trinajstić information content (AvgIpc) is 2.94. The molecule has 1 N–H and O–H groups in total. The van der Waals surface area contributed by atoms with Crippen LogP contribution in [0.3, 0.4) is 0 Å². The molecule has 1 heterocycles. The van der Waals surface area contributed by atoms with E-state index in [1.165, 1.54) is 12.5 Å². The molecule has 28 heavy (non-hydrogen) atoms. The average molecular weight is 393 g/mol. The van der Waals surface area contributed by atoms with Crippen molar-refractivity contribution < 1.29 is 29.0 Å². The van der Waals surface area contributed by atoms with Crippen molar-refractivity contribution in [2.24, 2.45) is 23.7 Å². The summed E-state index contributed by atoms with van der Waals surface area (Å²) in [5.74, 6) is -2.03. The molecule has 0 spiro atoms. The van der Waals surface area contributed by atoms with Crippen molar-refractivity contribution in [1.82, 2.24) is 4.90 Å². The Hall–Kier alpha value is -2.05. The number of carboxylic acids is 1. The van der Waals surface area contributed by atoms with Crippen molar-refractivity contribution in [2.75, 3.05) is 13.2 Å². The molecule has 1 saturated carbocycles. The fraction of sp³-hybridized carbons (Fsp3) is 0.762. The number of fused-ring (bicyclic) bond motifs is 2. The zero-order valence-electron chi connectivity index (χ0n) is 17.1. The van der Waals surface area contributed by atoms with Crippen LogP contribution in [0.5, 0.6) is 0 Å². The first kappa shape index (κ1) is 20.7. The molecule has 2 fully saturated rings. The fourth-order valence-corrected chi connectivity index (χ4v) is 5.08. The Morgan fingerprint density at radius 2 is 1.96 bits per heavy atom. The second-order valence-electron chi connectivity index (χ2n) is 9.20. The van der Waals surface area contributed by atoms with Gasteiger partial charge in [0.1, 0.15) is 12.2 Å². The smallest absolute Gasteiger partial charge is 0.410 e. The van der Waals surface area contributed by atoms with Gasteiger partial charge in [-0.1, -0.05) is 18.1 Å². The van der Waals surface area contributed by atoms with E-state index in [9.17, 15) is 19.5 Å². The van der Waals surface area contributed by atoms with Crippen LogP contribution in [0, 0.1) is 23.7 Å². The van der Waals surface area contributed by atoms with E-state index >= 15 is 0 Å². The number of ether oxygens (including phenoxy) is 2. The number of rotatable bonds is 3. The lowest BCUT2D eigenvalue weighted by Crippen LogP contribution is -2.44. The first-order valence-corrected chi connectivity index (χ1v) is 10.1. The molecule has 7 nitrogen and oxygen atoms in total. The van der Waals surface area contributed by atoms with E-state index in [0.29, 0.717) is 6.54 Å². The quantitative estimate of drug-likeness (QED) is 0.584. The molecule has 0 aromatic rings. The van der Waals surface area contributed by atoms with Crippen LogP contribution in [0.15, 0.2) is 11.6 Å². The standard InChI is InChI=1S/C21H31NO6/c1-12(23)27-11-17-15-9-13-7-5-6-8-14(13)18(19(24)25)16(15)10-22(17)20(26)28-21(2,3)4/h9,14-18H,5-8,10-11H2,1-4H3,(H,24,25)/t14?,15?,16?,17-,18-/m1/s1. The fourth-order valence-electron chi connectivity index (χ4n) is 5.08. The van der Waals surface area contributed by atoms with Gasteiger partial charge in [-0.3, -0.25) is 9.59 Å². The summed E-state index contributed by atoms with van der Waals surface area (Å²) in [5, 5.41) is 9.99. The van der Waals surface area contributed by atoms with Crippen LogP contribution < -0.4 is 0 Å². The summed E-state index contributed by atoms with van der Waals surface area (Å²) in [7, 11) is 0. The van der Waals surface area contributed by atoms with Crippen LogP contribution in [0.2, 0.25) is 0 Å². The van der Waals surface area contributed by atoms with Crippen LogP contribution in [0.25, 0.3) is 0 Å². The Morgan fingerprint density at radius 1 is 1.25 bits per heavy atom. The molecule has 1 saturated heterocycles. The first-order chi connectivity index (χ1) is 13.1. The predicted octanol–water partition coefficient (Wildman–Crippen LogP) is 3.23. The number of likely N-dealkylation sites (tertiary alicyclic amines) is 1. The number of esters is 1. The van der Waals surface area contributed by atoms with E-state index in [-0.39, 0.29) is 24.4 Å². The van der Waals surface area contributed by atoms with Crippen molar-refractivity contribution in [3.05, 3.63) is 11.6 Å². The largest absolute Gasteiger partial charge is 0.481 e. The number of carbonyl (C=O) groups is 3. The predicted molar refractivity (Wildman–Crippen MR) is 102 cm³/mol. The Morgan fingerprint density at radius 3 is 2.57 bits per heavy atom. The molecule has 0 aromatic heterocycles. The van der Waals surface area contributed by atoms with Gasteiger partial charge in [0.25, 0.3) is 0 Å². The Bertz CT molecular complexity index is 679. The van der Waals surface area contributed by atoms with E-state index in [2.05, 4.69) is 6.08 Å². The lowest BCUT2D eigenvalue weighted by atomic mass is 9.63. The number of allylic oxidation sites excluding steroid dienone is 1. The van der Waals surface area contributed by atoms with Gasteiger partial charge in [-0.15, -0.1) is 0 Å². The molecule has 156 valence electrons. The number of nitrogens with zero attached hydrogens (tertiary/aromatic N) is 1. The van der Waals surface area contributed by atoms with Gasteiger partial charge >= 0.3 is 18.0 Å². The minimum absolute atomic E-state index is 0.0421. The zero-order chi connectivity index (χ0) is 20.6. The second kappa shape index (κ2) is 7.76. The van der Waals surface area contributed by atoms with Crippen molar-refractivity contribution in [1.29, 1.82) is 0 Å². The summed E-state index contributed by atoms with van der Waals surface area (Å²) in [6, 6.07) is -0.402. The Kier molecular flexibility index (Phi) is 5.73. The number of hydrogen-bond donors (Lipinski definition) is 1. The summed E-state index contributed by atoms with van der Waals surface area (Å²) in [6.07, 6.45) is 5.58. The van der Waals surface area contributed by atoms with Gasteiger partial charge in [0.15, 0.2) is 0 Å². The monoisotopic (exact) mass is 393 g/mol. The molecule has 1 aliphatic heterocycles. The molecule has 0 bridgehead atoms. The van der Waals surface area contributed by atoms with Crippen LogP contribution in [-0.2, 0) is 19.1 Å². The van der Waals surface area contributed by atoms with E-state index in [1.54, 1.807) is 25.7 Å². The number of hydrogen-bond acceptors (Lipinski definition) is 5. The number of carboxylic acid groups (broad SMARTS) is 1. The molecule has 3 aliphatic rings. The third-order valence-corrected chi connectivity index (χ3v) is 6.13. The van der Waals surface area contributed by atoms with E-state index in [4.69, 9.17) is 9.47 Å². The van der Waals surface area contributed by atoms with E-state index in [0.717, 1.165) is 25.7 Å². The van der Waals surface area contributed by atoms with Gasteiger partial charge in [0, 0.05) is 19.4 Å². The summed E-state index contributed by atoms with van der Waals surface area (Å²) in [5.41, 5.74) is 0.536. The van der Waals surface area contributed by atoms with Gasteiger partial charge < -0.3 is 19.5 Å². The molecule has 0 aromatic carbocycles. The SMILES string of the molecule is CC(=O)OC[C@@H]1C2C=C3CCCCC3[C@@H](C(=O)O)C2CN1C(=O)OC(C)(C)C. The molecule has 2 aliphatic carbocycles. The lowest BCUT2D eigenvalue weighted by Gasteiger charge is -2.40. The molecular weight excluding hydrogens is 362 g/mol. The maximum absolute atomic E-state index is 12.8. The highest BCUT2D eigenvalue weighted by Crippen LogP contribution is 2.50. The van der Waals surface area contributed by atoms with Crippen molar-refractivity contribution in [2.45, 2.75) is 65.0 Å². The zero-order valence-corrected chi connectivity index (χ0v) is 17.1. The summed E-state index contributed by atoms with van der Waals surface area (Å²) < 4.78 is 10.8. The second-order valence-corrected chi connectivity index (χ2v) is 9.20. The first-order valence-electron chi connectivity index (χ1n) is 10.1. The summed E-state index contributed by atoms with van der Waals surface area (Å²) in [4.78, 5) is 38.0. The van der Waals surface area contributed by atoms with Gasteiger partial charge in [0.05, 0.1) is 12.0 Å². The highest BCUT2D eigenvalue weighted by Gasteiger charge is 2.54. The lowest BCUT2D eigenvalue weighted by molar-refractivity contribution is -0.147. The molecule has 1 amide bonds. The van der Waals surface area contributed by atoms with Crippen molar-refractivity contribution in [3.8, 4) is 0 Å².